The molecule has 0 radical (unpaired) electrons. The van der Waals surface area contributed by atoms with Gasteiger partial charge in [0.15, 0.2) is 16.5 Å². The van der Waals surface area contributed by atoms with Crippen LogP contribution in [-0.2, 0) is 4.74 Å². The van der Waals surface area contributed by atoms with Crippen LogP contribution in [0.4, 0.5) is 13.2 Å². The Hall–Kier alpha value is -1.48. The number of halogens is 4. The van der Waals surface area contributed by atoms with Gasteiger partial charge < -0.3 is 4.74 Å². The zero-order chi connectivity index (χ0) is 14.2. The zero-order valence-corrected chi connectivity index (χ0v) is 10.8. The summed E-state index contributed by atoms with van der Waals surface area (Å²) < 4.78 is 43.0. The van der Waals surface area contributed by atoms with Crippen LogP contribution in [0.2, 0.25) is 5.15 Å². The van der Waals surface area contributed by atoms with E-state index < -0.39 is 34.0 Å². The number of thioether (sulfide) groups is 1. The van der Waals surface area contributed by atoms with Crippen LogP contribution in [0.25, 0.3) is 5.65 Å². The minimum absolute atomic E-state index is 0.0451. The van der Waals surface area contributed by atoms with Gasteiger partial charge in [0, 0.05) is 24.2 Å². The van der Waals surface area contributed by atoms with Gasteiger partial charge in [-0.05, 0) is 0 Å². The summed E-state index contributed by atoms with van der Waals surface area (Å²) >= 11 is 5.25. The molecule has 0 aromatic carbocycles. The van der Waals surface area contributed by atoms with Gasteiger partial charge in [0.05, 0.1) is 7.11 Å². The molecule has 0 bridgehead atoms. The van der Waals surface area contributed by atoms with Crippen LogP contribution in [0.1, 0.15) is 10.5 Å². The van der Waals surface area contributed by atoms with Crippen molar-refractivity contribution < 1.29 is 22.7 Å². The number of nitrogens with zero attached hydrogens (tertiary/aromatic N) is 3. The van der Waals surface area contributed by atoms with Crippen LogP contribution in [-0.4, -0.2) is 33.0 Å². The highest BCUT2D eigenvalue weighted by atomic mass is 35.5. The lowest BCUT2D eigenvalue weighted by molar-refractivity contribution is -0.0329. The van der Waals surface area contributed by atoms with E-state index in [0.717, 1.165) is 11.5 Å². The summed E-state index contributed by atoms with van der Waals surface area (Å²) in [7, 11) is 1.05. The largest absolute Gasteiger partial charge is 0.464 e. The number of ether oxygens (including phenoxy) is 1. The number of methoxy groups -OCH3 is 1. The first-order valence-electron chi connectivity index (χ1n) is 4.70. The van der Waals surface area contributed by atoms with E-state index in [1.165, 1.54) is 12.4 Å². The second kappa shape index (κ2) is 4.89. The van der Waals surface area contributed by atoms with E-state index in [0.29, 0.717) is 0 Å². The quantitative estimate of drug-likeness (QED) is 0.630. The first kappa shape index (κ1) is 13.9. The van der Waals surface area contributed by atoms with Crippen molar-refractivity contribution in [2.45, 2.75) is 10.5 Å². The summed E-state index contributed by atoms with van der Waals surface area (Å²) in [6.07, 6.45) is 2.44. The maximum Gasteiger partial charge on any atom is 0.447 e. The number of imidazole rings is 1. The summed E-state index contributed by atoms with van der Waals surface area (Å²) in [6, 6.07) is 0. The van der Waals surface area contributed by atoms with E-state index in [4.69, 9.17) is 11.6 Å². The average Bonchev–Trinajstić information content (AvgIpc) is 2.67. The van der Waals surface area contributed by atoms with E-state index >= 15 is 0 Å². The van der Waals surface area contributed by atoms with Crippen molar-refractivity contribution in [1.29, 1.82) is 0 Å². The zero-order valence-electron chi connectivity index (χ0n) is 9.23. The van der Waals surface area contributed by atoms with Crippen molar-refractivity contribution >= 4 is 35.0 Å². The number of rotatable bonds is 2. The number of hydrogen-bond donors (Lipinski definition) is 0. The molecule has 2 rings (SSSR count). The first-order valence-corrected chi connectivity index (χ1v) is 5.89. The summed E-state index contributed by atoms with van der Waals surface area (Å²) in [5, 5.41) is -0.527. The monoisotopic (exact) mass is 311 g/mol. The third kappa shape index (κ3) is 2.76. The summed E-state index contributed by atoms with van der Waals surface area (Å²) in [5.74, 6) is -0.980. The fourth-order valence-corrected chi connectivity index (χ4v) is 2.24. The number of carbonyl (C=O) groups excluding carboxylic acids is 1. The predicted molar refractivity (Wildman–Crippen MR) is 61.2 cm³/mol. The van der Waals surface area contributed by atoms with Crippen LogP contribution >= 0.6 is 23.4 Å². The Morgan fingerprint density at radius 3 is 2.79 bits per heavy atom. The minimum atomic E-state index is -4.57. The lowest BCUT2D eigenvalue weighted by Gasteiger charge is -2.06. The Morgan fingerprint density at radius 2 is 2.21 bits per heavy atom. The third-order valence-electron chi connectivity index (χ3n) is 2.05. The van der Waals surface area contributed by atoms with Crippen molar-refractivity contribution in [2.24, 2.45) is 0 Å². The lowest BCUT2D eigenvalue weighted by atomic mass is 10.5. The highest BCUT2D eigenvalue weighted by Crippen LogP contribution is 2.39. The molecule has 0 aliphatic rings. The Balaban J connectivity index is 2.69. The molecule has 19 heavy (non-hydrogen) atoms. The molecular formula is C9H5ClF3N3O2S. The second-order valence-electron chi connectivity index (χ2n) is 3.22. The second-order valence-corrected chi connectivity index (χ2v) is 4.63. The number of aromatic nitrogens is 3. The summed E-state index contributed by atoms with van der Waals surface area (Å²) in [4.78, 5) is 18.9. The summed E-state index contributed by atoms with van der Waals surface area (Å²) in [5.41, 5.74) is -5.08. The molecule has 0 aliphatic heterocycles. The van der Waals surface area contributed by atoms with Gasteiger partial charge in [0.1, 0.15) is 5.03 Å². The fraction of sp³-hybridized carbons (Fsp3) is 0.222. The molecule has 0 spiro atoms. The van der Waals surface area contributed by atoms with Crippen LogP contribution in [0.15, 0.2) is 17.4 Å². The molecule has 10 heteroatoms. The van der Waals surface area contributed by atoms with E-state index in [-0.39, 0.29) is 10.8 Å². The maximum atomic E-state index is 12.5. The van der Waals surface area contributed by atoms with Crippen molar-refractivity contribution in [2.75, 3.05) is 7.11 Å². The molecule has 0 atom stereocenters. The molecule has 0 aliphatic carbocycles. The maximum absolute atomic E-state index is 12.5. The van der Waals surface area contributed by atoms with Gasteiger partial charge in [-0.15, -0.1) is 0 Å². The topological polar surface area (TPSA) is 56.5 Å². The molecule has 5 nitrogen and oxygen atoms in total. The molecule has 2 aromatic rings. The normalized spacial score (nSPS) is 11.8. The van der Waals surface area contributed by atoms with Crippen molar-refractivity contribution in [3.8, 4) is 0 Å². The number of alkyl halides is 3. The number of carbonyl (C=O) groups is 1. The van der Waals surface area contributed by atoms with E-state index in [1.807, 2.05) is 0 Å². The Labute approximate surface area is 113 Å². The number of hydrogen-bond acceptors (Lipinski definition) is 5. The Kier molecular flexibility index (Phi) is 3.59. The summed E-state index contributed by atoms with van der Waals surface area (Å²) in [6.45, 7) is 0. The molecule has 102 valence electrons. The minimum Gasteiger partial charge on any atom is -0.464 e. The van der Waals surface area contributed by atoms with Gasteiger partial charge in [-0.2, -0.15) is 13.2 Å². The van der Waals surface area contributed by atoms with E-state index in [1.54, 1.807) is 0 Å². The average molecular weight is 312 g/mol. The fourth-order valence-electron chi connectivity index (χ4n) is 1.36. The van der Waals surface area contributed by atoms with E-state index in [2.05, 4.69) is 14.7 Å². The molecule has 0 fully saturated rings. The SMILES string of the molecule is COC(=O)c1nc2c(Cl)nccn2c1SC(F)(F)F. The molecule has 2 heterocycles. The molecule has 0 N–H and O–H groups in total. The van der Waals surface area contributed by atoms with Gasteiger partial charge in [-0.3, -0.25) is 4.40 Å². The van der Waals surface area contributed by atoms with Crippen LogP contribution in [0, 0.1) is 0 Å². The van der Waals surface area contributed by atoms with Crippen LogP contribution in [0.5, 0.6) is 0 Å². The van der Waals surface area contributed by atoms with Crippen molar-refractivity contribution in [3.63, 3.8) is 0 Å². The molecule has 0 unspecified atom stereocenters. The smallest absolute Gasteiger partial charge is 0.447 e. The van der Waals surface area contributed by atoms with Crippen molar-refractivity contribution in [1.82, 2.24) is 14.4 Å². The molecule has 0 amide bonds. The Morgan fingerprint density at radius 1 is 1.53 bits per heavy atom. The third-order valence-corrected chi connectivity index (χ3v) is 3.13. The van der Waals surface area contributed by atoms with Gasteiger partial charge in [-0.1, -0.05) is 11.6 Å². The van der Waals surface area contributed by atoms with Crippen LogP contribution < -0.4 is 0 Å². The molecular weight excluding hydrogens is 307 g/mol. The van der Waals surface area contributed by atoms with Gasteiger partial charge in [0.2, 0.25) is 0 Å². The standard InChI is InChI=1S/C9H5ClF3N3O2S/c1-18-8(17)4-7(19-9(11,12)13)16-3-2-14-5(10)6(16)15-4/h2-3H,1H3. The molecule has 2 aromatic heterocycles. The highest BCUT2D eigenvalue weighted by molar-refractivity contribution is 8.00. The lowest BCUT2D eigenvalue weighted by Crippen LogP contribution is -2.07. The van der Waals surface area contributed by atoms with Crippen LogP contribution in [0.3, 0.4) is 0 Å². The van der Waals surface area contributed by atoms with E-state index in [9.17, 15) is 18.0 Å². The predicted octanol–water partition coefficient (Wildman–Crippen LogP) is 2.78. The van der Waals surface area contributed by atoms with Gasteiger partial charge >= 0.3 is 11.5 Å². The Bertz CT molecular complexity index is 643. The molecule has 0 saturated carbocycles. The molecule has 0 saturated heterocycles. The van der Waals surface area contributed by atoms with Gasteiger partial charge in [0.25, 0.3) is 0 Å². The van der Waals surface area contributed by atoms with Gasteiger partial charge in [-0.25, -0.2) is 14.8 Å². The van der Waals surface area contributed by atoms with Crippen molar-refractivity contribution in [3.05, 3.63) is 23.2 Å². The highest BCUT2D eigenvalue weighted by Gasteiger charge is 2.35. The first-order chi connectivity index (χ1) is 8.83. The number of esters is 1. The number of fused-ring (bicyclic) bond motifs is 1.